The number of nitrogens with two attached hydrogens (primary N) is 1. The number of benzene rings is 1. The summed E-state index contributed by atoms with van der Waals surface area (Å²) in [4.78, 5) is 30.7. The fourth-order valence-corrected chi connectivity index (χ4v) is 1.38. The van der Waals surface area contributed by atoms with Crippen molar-refractivity contribution in [2.24, 2.45) is 5.73 Å². The molecule has 0 spiro atoms. The number of carbonyl (C=O) groups is 2. The zero-order valence-electron chi connectivity index (χ0n) is 9.66. The predicted molar refractivity (Wildman–Crippen MR) is 63.6 cm³/mol. The highest BCUT2D eigenvalue weighted by atomic mass is 16.5. The molecule has 0 unspecified atom stereocenters. The van der Waals surface area contributed by atoms with Crippen molar-refractivity contribution in [3.63, 3.8) is 0 Å². The number of hydrogen-bond donors (Lipinski definition) is 1. The average molecular weight is 245 g/mol. The smallest absolute Gasteiger partial charge is 0.338 e. The Morgan fingerprint density at radius 2 is 1.89 bits per heavy atom. The molecule has 0 bridgehead atoms. The van der Waals surface area contributed by atoms with Crippen molar-refractivity contribution < 1.29 is 14.3 Å². The molecular formula is C12H11N3O3. The minimum absolute atomic E-state index is 0.302. The lowest BCUT2D eigenvalue weighted by Gasteiger charge is -2.09. The van der Waals surface area contributed by atoms with Gasteiger partial charge in [0.05, 0.1) is 16.6 Å². The second-order valence-electron chi connectivity index (χ2n) is 3.71. The maximum atomic E-state index is 11.7. The molecule has 0 saturated carbocycles. The number of nitrogens with zero attached hydrogens (tertiary/aromatic N) is 2. The van der Waals surface area contributed by atoms with E-state index < -0.39 is 18.0 Å². The van der Waals surface area contributed by atoms with Crippen LogP contribution in [0.5, 0.6) is 0 Å². The number of hydrogen-bond acceptors (Lipinski definition) is 5. The number of aromatic nitrogens is 2. The summed E-state index contributed by atoms with van der Waals surface area (Å²) in [6, 6.07) is 4.78. The lowest BCUT2D eigenvalue weighted by Crippen LogP contribution is -2.30. The Bertz CT molecular complexity index is 612. The van der Waals surface area contributed by atoms with Crippen molar-refractivity contribution in [1.82, 2.24) is 9.97 Å². The summed E-state index contributed by atoms with van der Waals surface area (Å²) in [5.41, 5.74) is 6.58. The molecule has 0 aliphatic carbocycles. The molecule has 1 aromatic carbocycles. The van der Waals surface area contributed by atoms with Crippen molar-refractivity contribution in [2.75, 3.05) is 0 Å². The van der Waals surface area contributed by atoms with E-state index in [4.69, 9.17) is 10.5 Å². The highest BCUT2D eigenvalue weighted by Crippen LogP contribution is 2.12. The Balaban J connectivity index is 2.25. The molecule has 0 saturated heterocycles. The quantitative estimate of drug-likeness (QED) is 0.801. The van der Waals surface area contributed by atoms with Gasteiger partial charge in [0.2, 0.25) is 0 Å². The fraction of sp³-hybridized carbons (Fsp3) is 0.167. The van der Waals surface area contributed by atoms with Crippen molar-refractivity contribution in [2.45, 2.75) is 13.0 Å². The molecule has 18 heavy (non-hydrogen) atoms. The molecule has 0 aliphatic rings. The molecule has 0 fully saturated rings. The molecule has 1 atom stereocenters. The van der Waals surface area contributed by atoms with E-state index in [-0.39, 0.29) is 0 Å². The molecule has 1 heterocycles. The molecule has 0 aliphatic heterocycles. The van der Waals surface area contributed by atoms with Crippen LogP contribution < -0.4 is 5.73 Å². The summed E-state index contributed by atoms with van der Waals surface area (Å²) in [5.74, 6) is -1.31. The first-order valence-electron chi connectivity index (χ1n) is 5.29. The Kier molecular flexibility index (Phi) is 3.18. The van der Waals surface area contributed by atoms with E-state index >= 15 is 0 Å². The zero-order valence-corrected chi connectivity index (χ0v) is 9.66. The predicted octanol–water partition coefficient (Wildman–Crippen LogP) is 0.660. The largest absolute Gasteiger partial charge is 0.449 e. The van der Waals surface area contributed by atoms with Crippen LogP contribution in [0.1, 0.15) is 17.3 Å². The standard InChI is InChI=1S/C12H11N3O3/c1-7(11(13)16)18-12(17)8-2-3-9-10(6-8)15-5-4-14-9/h2-7H,1H3,(H2,13,16)/t7-/m1/s1. The minimum Gasteiger partial charge on any atom is -0.449 e. The van der Waals surface area contributed by atoms with Crippen molar-refractivity contribution in [3.05, 3.63) is 36.2 Å². The van der Waals surface area contributed by atoms with E-state index in [1.165, 1.54) is 13.1 Å². The van der Waals surface area contributed by atoms with E-state index in [9.17, 15) is 9.59 Å². The zero-order chi connectivity index (χ0) is 13.1. The summed E-state index contributed by atoms with van der Waals surface area (Å²) < 4.78 is 4.89. The van der Waals surface area contributed by atoms with Gasteiger partial charge >= 0.3 is 5.97 Å². The van der Waals surface area contributed by atoms with E-state index in [2.05, 4.69) is 9.97 Å². The van der Waals surface area contributed by atoms with Crippen LogP contribution >= 0.6 is 0 Å². The molecular weight excluding hydrogens is 234 g/mol. The summed E-state index contributed by atoms with van der Waals surface area (Å²) in [6.45, 7) is 1.42. The van der Waals surface area contributed by atoms with Crippen LogP contribution in [0.15, 0.2) is 30.6 Å². The van der Waals surface area contributed by atoms with Gasteiger partial charge in [-0.3, -0.25) is 14.8 Å². The number of fused-ring (bicyclic) bond motifs is 1. The third-order valence-corrected chi connectivity index (χ3v) is 2.39. The second kappa shape index (κ2) is 4.79. The number of carbonyl (C=O) groups excluding carboxylic acids is 2. The molecule has 6 heteroatoms. The Morgan fingerprint density at radius 3 is 2.56 bits per heavy atom. The summed E-state index contributed by atoms with van der Waals surface area (Å²) in [5, 5.41) is 0. The molecule has 2 N–H and O–H groups in total. The SMILES string of the molecule is C[C@@H](OC(=O)c1ccc2nccnc2c1)C(N)=O. The van der Waals surface area contributed by atoms with Gasteiger partial charge in [-0.1, -0.05) is 0 Å². The van der Waals surface area contributed by atoms with Gasteiger partial charge in [0.1, 0.15) is 0 Å². The summed E-state index contributed by atoms with van der Waals surface area (Å²) >= 11 is 0. The Labute approximate surface area is 103 Å². The minimum atomic E-state index is -0.963. The maximum absolute atomic E-state index is 11.7. The normalized spacial score (nSPS) is 12.1. The maximum Gasteiger partial charge on any atom is 0.338 e. The number of primary amides is 1. The number of ether oxygens (including phenoxy) is 1. The van der Waals surface area contributed by atoms with Crippen LogP contribution in [0.25, 0.3) is 11.0 Å². The van der Waals surface area contributed by atoms with Crippen LogP contribution in [-0.2, 0) is 9.53 Å². The molecule has 6 nitrogen and oxygen atoms in total. The second-order valence-corrected chi connectivity index (χ2v) is 3.71. The van der Waals surface area contributed by atoms with Crippen molar-refractivity contribution >= 4 is 22.9 Å². The van der Waals surface area contributed by atoms with Crippen LogP contribution in [0.3, 0.4) is 0 Å². The van der Waals surface area contributed by atoms with Gasteiger partial charge in [-0.2, -0.15) is 0 Å². The Hall–Kier alpha value is -2.50. The van der Waals surface area contributed by atoms with Crippen LogP contribution in [-0.4, -0.2) is 27.9 Å². The molecule has 1 amide bonds. The number of rotatable bonds is 3. The fourth-order valence-electron chi connectivity index (χ4n) is 1.38. The number of amides is 1. The first-order chi connectivity index (χ1) is 8.58. The molecule has 2 rings (SSSR count). The Morgan fingerprint density at radius 1 is 1.22 bits per heavy atom. The molecule has 2 aromatic rings. The third-order valence-electron chi connectivity index (χ3n) is 2.39. The van der Waals surface area contributed by atoms with E-state index in [0.29, 0.717) is 16.6 Å². The van der Waals surface area contributed by atoms with E-state index in [0.717, 1.165) is 0 Å². The first-order valence-corrected chi connectivity index (χ1v) is 5.29. The van der Waals surface area contributed by atoms with Gasteiger partial charge < -0.3 is 10.5 Å². The van der Waals surface area contributed by atoms with Gasteiger partial charge in [0.15, 0.2) is 6.10 Å². The molecule has 92 valence electrons. The van der Waals surface area contributed by atoms with Crippen molar-refractivity contribution in [3.8, 4) is 0 Å². The van der Waals surface area contributed by atoms with Gasteiger partial charge in [-0.25, -0.2) is 4.79 Å². The molecule has 0 radical (unpaired) electrons. The highest BCUT2D eigenvalue weighted by molar-refractivity contribution is 5.95. The van der Waals surface area contributed by atoms with Crippen LogP contribution in [0, 0.1) is 0 Å². The van der Waals surface area contributed by atoms with Gasteiger partial charge in [0.25, 0.3) is 5.91 Å². The lowest BCUT2D eigenvalue weighted by molar-refractivity contribution is -0.125. The monoisotopic (exact) mass is 245 g/mol. The van der Waals surface area contributed by atoms with Crippen molar-refractivity contribution in [1.29, 1.82) is 0 Å². The summed E-state index contributed by atoms with van der Waals surface area (Å²) in [7, 11) is 0. The van der Waals surface area contributed by atoms with Gasteiger partial charge in [0, 0.05) is 12.4 Å². The average Bonchev–Trinajstić information content (AvgIpc) is 2.37. The van der Waals surface area contributed by atoms with Crippen LogP contribution in [0.2, 0.25) is 0 Å². The van der Waals surface area contributed by atoms with Gasteiger partial charge in [-0.05, 0) is 25.1 Å². The molecule has 1 aromatic heterocycles. The van der Waals surface area contributed by atoms with E-state index in [1.807, 2.05) is 0 Å². The lowest BCUT2D eigenvalue weighted by atomic mass is 10.2. The number of esters is 1. The van der Waals surface area contributed by atoms with E-state index in [1.54, 1.807) is 24.4 Å². The summed E-state index contributed by atoms with van der Waals surface area (Å²) in [6.07, 6.45) is 2.13. The van der Waals surface area contributed by atoms with Gasteiger partial charge in [-0.15, -0.1) is 0 Å². The highest BCUT2D eigenvalue weighted by Gasteiger charge is 2.16. The topological polar surface area (TPSA) is 95.2 Å². The van der Waals surface area contributed by atoms with Crippen LogP contribution in [0.4, 0.5) is 0 Å². The third kappa shape index (κ3) is 2.42. The first kappa shape index (κ1) is 12.0.